The quantitative estimate of drug-likeness (QED) is 0.628. The van der Waals surface area contributed by atoms with E-state index in [1.807, 2.05) is 0 Å². The maximum Gasteiger partial charge on any atom is 0.434 e. The average Bonchev–Trinajstić information content (AvgIpc) is 3.23. The van der Waals surface area contributed by atoms with Crippen molar-refractivity contribution in [2.75, 3.05) is 6.61 Å². The van der Waals surface area contributed by atoms with Crippen LogP contribution in [0.25, 0.3) is 0 Å². The third kappa shape index (κ3) is 2.41. The lowest BCUT2D eigenvalue weighted by Gasteiger charge is -2.24. The molecule has 0 saturated carbocycles. The van der Waals surface area contributed by atoms with Crippen molar-refractivity contribution in [3.8, 4) is 5.75 Å². The summed E-state index contributed by atoms with van der Waals surface area (Å²) in [6.07, 6.45) is -3.91. The van der Waals surface area contributed by atoms with Gasteiger partial charge in [-0.05, 0) is 36.4 Å². The van der Waals surface area contributed by atoms with Gasteiger partial charge in [0.25, 0.3) is 0 Å². The Morgan fingerprint density at radius 1 is 0.955 bits per heavy atom. The minimum absolute atomic E-state index is 0.302. The molecule has 0 amide bonds. The van der Waals surface area contributed by atoms with Crippen molar-refractivity contribution in [2.24, 2.45) is 0 Å². The van der Waals surface area contributed by atoms with E-state index >= 15 is 0 Å². The molecule has 1 fully saturated rings. The first-order chi connectivity index (χ1) is 10.3. The summed E-state index contributed by atoms with van der Waals surface area (Å²) in [7, 11) is 0. The van der Waals surface area contributed by atoms with Crippen molar-refractivity contribution in [1.29, 1.82) is 0 Å². The summed E-state index contributed by atoms with van der Waals surface area (Å²) in [6, 6.07) is 6.16. The van der Waals surface area contributed by atoms with E-state index < -0.39 is 41.3 Å². The molecule has 1 atom stereocenters. The van der Waals surface area contributed by atoms with Crippen molar-refractivity contribution in [3.05, 3.63) is 65.5 Å². The number of benzene rings is 2. The molecule has 1 heterocycles. The molecule has 1 aliphatic rings. The van der Waals surface area contributed by atoms with Gasteiger partial charge in [0.05, 0.1) is 6.61 Å². The van der Waals surface area contributed by atoms with E-state index in [9.17, 15) is 22.0 Å². The highest BCUT2D eigenvalue weighted by atomic mass is 19.3. The van der Waals surface area contributed by atoms with Gasteiger partial charge >= 0.3 is 6.11 Å². The molecule has 1 unspecified atom stereocenters. The van der Waals surface area contributed by atoms with E-state index in [2.05, 4.69) is 4.74 Å². The predicted molar refractivity (Wildman–Crippen MR) is 66.0 cm³/mol. The highest BCUT2D eigenvalue weighted by molar-refractivity contribution is 5.32. The highest BCUT2D eigenvalue weighted by Crippen LogP contribution is 2.52. The van der Waals surface area contributed by atoms with Gasteiger partial charge in [-0.15, -0.1) is 0 Å². The van der Waals surface area contributed by atoms with Crippen LogP contribution in [-0.2, 0) is 10.3 Å². The Hall–Kier alpha value is -2.15. The summed E-state index contributed by atoms with van der Waals surface area (Å²) in [5.74, 6) is -2.96. The van der Waals surface area contributed by atoms with Crippen LogP contribution in [0.1, 0.15) is 5.56 Å². The Morgan fingerprint density at radius 3 is 2.09 bits per heavy atom. The van der Waals surface area contributed by atoms with E-state index in [0.29, 0.717) is 6.07 Å². The fourth-order valence-electron chi connectivity index (χ4n) is 2.10. The van der Waals surface area contributed by atoms with E-state index in [1.165, 1.54) is 0 Å². The molecule has 0 radical (unpaired) electrons. The van der Waals surface area contributed by atoms with Gasteiger partial charge < -0.3 is 9.47 Å². The number of epoxide rings is 1. The van der Waals surface area contributed by atoms with Gasteiger partial charge in [-0.25, -0.2) is 13.2 Å². The zero-order valence-corrected chi connectivity index (χ0v) is 11.0. The molecule has 2 nitrogen and oxygen atoms in total. The molecular formula is C15H9F5O2. The van der Waals surface area contributed by atoms with Gasteiger partial charge in [-0.1, -0.05) is 0 Å². The molecule has 2 aromatic rings. The molecule has 0 bridgehead atoms. The van der Waals surface area contributed by atoms with E-state index in [4.69, 9.17) is 4.74 Å². The smallest absolute Gasteiger partial charge is 0.430 e. The van der Waals surface area contributed by atoms with Gasteiger partial charge in [0.1, 0.15) is 23.2 Å². The number of hydrogen-bond acceptors (Lipinski definition) is 2. The average molecular weight is 316 g/mol. The Labute approximate surface area is 122 Å². The van der Waals surface area contributed by atoms with Gasteiger partial charge in [0.15, 0.2) is 0 Å². The van der Waals surface area contributed by atoms with Crippen LogP contribution >= 0.6 is 0 Å². The number of alkyl halides is 2. The molecule has 0 aliphatic carbocycles. The van der Waals surface area contributed by atoms with Crippen molar-refractivity contribution in [2.45, 2.75) is 11.7 Å². The zero-order valence-electron chi connectivity index (χ0n) is 11.0. The molecule has 116 valence electrons. The minimum atomic E-state index is -3.91. The fraction of sp³-hybridized carbons (Fsp3) is 0.200. The summed E-state index contributed by atoms with van der Waals surface area (Å²) >= 11 is 0. The normalized spacial score (nSPS) is 20.8. The largest absolute Gasteiger partial charge is 0.434 e. The van der Waals surface area contributed by atoms with Gasteiger partial charge in [-0.2, -0.15) is 8.78 Å². The third-order valence-corrected chi connectivity index (χ3v) is 3.33. The van der Waals surface area contributed by atoms with E-state index in [1.54, 1.807) is 0 Å². The molecule has 1 saturated heterocycles. The van der Waals surface area contributed by atoms with Crippen molar-refractivity contribution >= 4 is 0 Å². The minimum Gasteiger partial charge on any atom is -0.430 e. The second-order valence-corrected chi connectivity index (χ2v) is 4.81. The molecule has 2 aromatic carbocycles. The van der Waals surface area contributed by atoms with Crippen LogP contribution in [0.3, 0.4) is 0 Å². The Bertz CT molecular complexity index is 696. The second kappa shape index (κ2) is 4.95. The summed E-state index contributed by atoms with van der Waals surface area (Å²) < 4.78 is 77.3. The lowest BCUT2D eigenvalue weighted by Crippen LogP contribution is -2.41. The monoisotopic (exact) mass is 316 g/mol. The van der Waals surface area contributed by atoms with Gasteiger partial charge in [0, 0.05) is 11.6 Å². The lowest BCUT2D eigenvalue weighted by atomic mass is 9.98. The van der Waals surface area contributed by atoms with E-state index in [-0.39, 0.29) is 5.75 Å². The third-order valence-electron chi connectivity index (χ3n) is 3.33. The molecular weight excluding hydrogens is 307 g/mol. The molecule has 0 N–H and O–H groups in total. The number of halogens is 5. The first-order valence-corrected chi connectivity index (χ1v) is 6.26. The zero-order chi connectivity index (χ0) is 16.0. The van der Waals surface area contributed by atoms with Gasteiger partial charge in [0.2, 0.25) is 5.60 Å². The number of hydrogen-bond donors (Lipinski definition) is 0. The molecule has 0 spiro atoms. The lowest BCUT2D eigenvalue weighted by molar-refractivity contribution is -0.227. The topological polar surface area (TPSA) is 21.8 Å². The van der Waals surface area contributed by atoms with Crippen LogP contribution in [0.4, 0.5) is 22.0 Å². The van der Waals surface area contributed by atoms with Crippen LogP contribution in [0.2, 0.25) is 0 Å². The van der Waals surface area contributed by atoms with Crippen molar-refractivity contribution in [3.63, 3.8) is 0 Å². The Morgan fingerprint density at radius 2 is 1.55 bits per heavy atom. The van der Waals surface area contributed by atoms with Crippen LogP contribution in [0.5, 0.6) is 5.75 Å². The molecule has 0 aromatic heterocycles. The summed E-state index contributed by atoms with van der Waals surface area (Å²) in [4.78, 5) is 0. The number of rotatable bonds is 4. The van der Waals surface area contributed by atoms with Crippen LogP contribution in [-0.4, -0.2) is 12.7 Å². The van der Waals surface area contributed by atoms with Crippen molar-refractivity contribution < 1.29 is 31.4 Å². The Balaban J connectivity index is 1.91. The maximum atomic E-state index is 14.3. The molecule has 22 heavy (non-hydrogen) atoms. The van der Waals surface area contributed by atoms with Crippen LogP contribution in [0.15, 0.2) is 42.5 Å². The summed E-state index contributed by atoms with van der Waals surface area (Å²) in [5, 5.41) is 0. The first-order valence-electron chi connectivity index (χ1n) is 6.26. The number of ether oxygens (including phenoxy) is 2. The molecule has 3 rings (SSSR count). The molecule has 7 heteroatoms. The van der Waals surface area contributed by atoms with Gasteiger partial charge in [-0.3, -0.25) is 0 Å². The van der Waals surface area contributed by atoms with Crippen LogP contribution < -0.4 is 4.74 Å². The SMILES string of the molecule is Fc1ccc(OC(F)(F)C2(c3ccc(F)cc3F)CO2)cc1. The second-order valence-electron chi connectivity index (χ2n) is 4.81. The highest BCUT2D eigenvalue weighted by Gasteiger charge is 2.69. The van der Waals surface area contributed by atoms with E-state index in [0.717, 1.165) is 36.4 Å². The van der Waals surface area contributed by atoms with Crippen LogP contribution in [0, 0.1) is 17.5 Å². The fourth-order valence-corrected chi connectivity index (χ4v) is 2.10. The summed E-state index contributed by atoms with van der Waals surface area (Å²) in [6.45, 7) is -0.482. The Kier molecular flexibility index (Phi) is 3.32. The molecule has 1 aliphatic heterocycles. The first kappa shape index (κ1) is 14.8. The maximum absolute atomic E-state index is 14.3. The standard InChI is InChI=1S/C15H9F5O2/c16-9-1-4-11(5-2-9)22-15(19,20)14(8-21-14)12-6-3-10(17)7-13(12)18/h1-7H,8H2. The van der Waals surface area contributed by atoms with Crippen molar-refractivity contribution in [1.82, 2.24) is 0 Å². The summed E-state index contributed by atoms with van der Waals surface area (Å²) in [5.41, 5.74) is -2.82. The predicted octanol–water partition coefficient (Wildman–Crippen LogP) is 4.00.